The lowest BCUT2D eigenvalue weighted by atomic mass is 9.78. The number of nitrogens with zero attached hydrogens (tertiary/aromatic N) is 4. The van der Waals surface area contributed by atoms with Gasteiger partial charge in [-0.2, -0.15) is 10.4 Å². The first-order valence-electron chi connectivity index (χ1n) is 14.7. The first kappa shape index (κ1) is 27.9. The second kappa shape index (κ2) is 12.7. The van der Waals surface area contributed by atoms with Crippen LogP contribution in [0.25, 0.3) is 11.1 Å². The molecule has 0 saturated heterocycles. The molecule has 0 radical (unpaired) electrons. The van der Waals surface area contributed by atoms with Gasteiger partial charge in [-0.1, -0.05) is 18.2 Å². The van der Waals surface area contributed by atoms with Crippen molar-refractivity contribution in [2.24, 2.45) is 11.8 Å². The number of ether oxygens (including phenoxy) is 1. The molecule has 2 aromatic carbocycles. The molecule has 2 aliphatic carbocycles. The van der Waals surface area contributed by atoms with Crippen molar-refractivity contribution < 1.29 is 14.6 Å². The Bertz CT molecular complexity index is 1340. The van der Waals surface area contributed by atoms with E-state index in [2.05, 4.69) is 42.4 Å². The molecule has 0 spiro atoms. The van der Waals surface area contributed by atoms with E-state index in [0.717, 1.165) is 61.9 Å². The number of amides is 1. The maximum absolute atomic E-state index is 14.0. The average Bonchev–Trinajstić information content (AvgIpc) is 3.49. The number of aliphatic hydroxyl groups is 1. The number of hydrogen-bond acceptors (Lipinski definition) is 5. The number of aliphatic hydroxyl groups excluding tert-OH is 1. The van der Waals surface area contributed by atoms with Crippen LogP contribution in [0.4, 0.5) is 5.69 Å². The lowest BCUT2D eigenvalue weighted by Gasteiger charge is -2.36. The number of anilines is 1. The molecule has 1 aromatic heterocycles. The minimum atomic E-state index is -0.286. The van der Waals surface area contributed by atoms with E-state index in [4.69, 9.17) is 4.74 Å². The van der Waals surface area contributed by atoms with Gasteiger partial charge < -0.3 is 14.7 Å². The van der Waals surface area contributed by atoms with Crippen LogP contribution in [0.3, 0.4) is 0 Å². The zero-order valence-electron chi connectivity index (χ0n) is 23.6. The predicted octanol–water partition coefficient (Wildman–Crippen LogP) is 6.31. The lowest BCUT2D eigenvalue weighted by Crippen LogP contribution is -2.41. The van der Waals surface area contributed by atoms with E-state index in [9.17, 15) is 15.2 Å². The summed E-state index contributed by atoms with van der Waals surface area (Å²) in [5.41, 5.74) is 4.83. The molecule has 0 bridgehead atoms. The van der Waals surface area contributed by atoms with Crippen molar-refractivity contribution in [1.82, 2.24) is 9.78 Å². The largest absolute Gasteiger partial charge is 0.495 e. The highest BCUT2D eigenvalue weighted by Gasteiger charge is 2.32. The number of carbonyl (C=O) groups excluding carboxylic acids is 1. The minimum Gasteiger partial charge on any atom is -0.495 e. The standard InChI is InChI=1S/C33H40N4O3/c1-3-36-22-29(20-35-36)26-5-4-6-30(18-26)37(33(39)25-11-14-31(38)15-12-25)21-23-7-9-24(10-8-23)27-13-16-32(40-2)28(17-27)19-34/h4-6,13,16-18,20,22-25,31,38H,3,7-12,14-15,21H2,1-2H3/t23-,24-,25-,31-. The van der Waals surface area contributed by atoms with Crippen molar-refractivity contribution in [2.75, 3.05) is 18.6 Å². The Balaban J connectivity index is 1.33. The molecule has 1 N–H and O–H groups in total. The Labute approximate surface area is 237 Å². The molecular formula is C33H40N4O3. The van der Waals surface area contributed by atoms with Crippen molar-refractivity contribution in [3.05, 3.63) is 66.0 Å². The maximum Gasteiger partial charge on any atom is 0.230 e. The first-order chi connectivity index (χ1) is 19.5. The highest BCUT2D eigenvalue weighted by Crippen LogP contribution is 2.39. The highest BCUT2D eigenvalue weighted by atomic mass is 16.5. The summed E-state index contributed by atoms with van der Waals surface area (Å²) in [6.07, 6.45) is 10.7. The van der Waals surface area contributed by atoms with Gasteiger partial charge in [0.1, 0.15) is 11.8 Å². The van der Waals surface area contributed by atoms with Crippen LogP contribution in [-0.2, 0) is 11.3 Å². The smallest absolute Gasteiger partial charge is 0.230 e. The van der Waals surface area contributed by atoms with Crippen LogP contribution < -0.4 is 9.64 Å². The van der Waals surface area contributed by atoms with Crippen LogP contribution in [0.2, 0.25) is 0 Å². The van der Waals surface area contributed by atoms with Gasteiger partial charge >= 0.3 is 0 Å². The molecule has 40 heavy (non-hydrogen) atoms. The summed E-state index contributed by atoms with van der Waals surface area (Å²) in [5.74, 6) is 1.58. The van der Waals surface area contributed by atoms with Gasteiger partial charge in [0.05, 0.1) is 25.0 Å². The zero-order valence-corrected chi connectivity index (χ0v) is 23.6. The van der Waals surface area contributed by atoms with Gasteiger partial charge in [-0.25, -0.2) is 0 Å². The Hall–Kier alpha value is -3.63. The number of hydrogen-bond donors (Lipinski definition) is 1. The molecule has 0 aliphatic heterocycles. The number of aryl methyl sites for hydroxylation is 1. The SMILES string of the molecule is CCn1cc(-c2cccc(N(C[C@H]3CC[C@H](c4ccc(OC)c(C#N)c4)CC3)C(=O)[C@H]3CC[C@H](O)CC3)c2)cn1. The number of carbonyl (C=O) groups is 1. The van der Waals surface area contributed by atoms with E-state index < -0.39 is 0 Å². The Morgan fingerprint density at radius 1 is 1.07 bits per heavy atom. The molecule has 5 rings (SSSR count). The lowest BCUT2D eigenvalue weighted by molar-refractivity contribution is -0.124. The van der Waals surface area contributed by atoms with Crippen LogP contribution in [0.15, 0.2) is 54.9 Å². The van der Waals surface area contributed by atoms with Crippen LogP contribution in [0.5, 0.6) is 5.75 Å². The summed E-state index contributed by atoms with van der Waals surface area (Å²) in [5, 5.41) is 24.0. The fraction of sp³-hybridized carbons (Fsp3) is 0.485. The van der Waals surface area contributed by atoms with Gasteiger partial charge in [-0.15, -0.1) is 0 Å². The Morgan fingerprint density at radius 2 is 1.85 bits per heavy atom. The van der Waals surface area contributed by atoms with Gasteiger partial charge in [0.2, 0.25) is 5.91 Å². The molecular weight excluding hydrogens is 500 g/mol. The fourth-order valence-electron chi connectivity index (χ4n) is 6.41. The number of benzene rings is 2. The molecule has 2 fully saturated rings. The summed E-state index contributed by atoms with van der Waals surface area (Å²) in [6.45, 7) is 3.59. The molecule has 0 unspecified atom stereocenters. The molecule has 2 saturated carbocycles. The first-order valence-corrected chi connectivity index (χ1v) is 14.7. The molecule has 0 atom stereocenters. The molecule has 2 aliphatic rings. The van der Waals surface area contributed by atoms with Gasteiger partial charge in [-0.05, 0) is 106 Å². The molecule has 7 heteroatoms. The minimum absolute atomic E-state index is 0.0464. The van der Waals surface area contributed by atoms with Crippen LogP contribution >= 0.6 is 0 Å². The van der Waals surface area contributed by atoms with E-state index in [0.29, 0.717) is 42.5 Å². The number of methoxy groups -OCH3 is 1. The average molecular weight is 541 g/mol. The van der Waals surface area contributed by atoms with Crippen LogP contribution in [0.1, 0.15) is 75.3 Å². The van der Waals surface area contributed by atoms with E-state index in [1.807, 2.05) is 40.2 Å². The molecule has 3 aromatic rings. The summed E-state index contributed by atoms with van der Waals surface area (Å²) in [4.78, 5) is 16.0. The monoisotopic (exact) mass is 540 g/mol. The summed E-state index contributed by atoms with van der Waals surface area (Å²) < 4.78 is 7.24. The Kier molecular flexibility index (Phi) is 8.86. The predicted molar refractivity (Wildman–Crippen MR) is 156 cm³/mol. The van der Waals surface area contributed by atoms with Crippen molar-refractivity contribution >= 4 is 11.6 Å². The third-order valence-corrected chi connectivity index (χ3v) is 8.86. The van der Waals surface area contributed by atoms with Gasteiger partial charge in [-0.3, -0.25) is 9.48 Å². The van der Waals surface area contributed by atoms with E-state index in [1.165, 1.54) is 5.56 Å². The number of nitriles is 1. The summed E-state index contributed by atoms with van der Waals surface area (Å²) in [7, 11) is 1.59. The van der Waals surface area contributed by atoms with Crippen molar-refractivity contribution in [1.29, 1.82) is 5.26 Å². The third-order valence-electron chi connectivity index (χ3n) is 8.86. The topological polar surface area (TPSA) is 91.4 Å². The Morgan fingerprint density at radius 3 is 2.52 bits per heavy atom. The number of aromatic nitrogens is 2. The molecule has 7 nitrogen and oxygen atoms in total. The fourth-order valence-corrected chi connectivity index (χ4v) is 6.41. The molecule has 210 valence electrons. The van der Waals surface area contributed by atoms with E-state index >= 15 is 0 Å². The van der Waals surface area contributed by atoms with Gasteiger partial charge in [0.25, 0.3) is 0 Å². The molecule has 1 heterocycles. The second-order valence-corrected chi connectivity index (χ2v) is 11.4. The summed E-state index contributed by atoms with van der Waals surface area (Å²) in [6, 6.07) is 16.5. The van der Waals surface area contributed by atoms with E-state index in [-0.39, 0.29) is 17.9 Å². The summed E-state index contributed by atoms with van der Waals surface area (Å²) >= 11 is 0. The van der Waals surface area contributed by atoms with Crippen LogP contribution in [-0.4, -0.2) is 40.6 Å². The quantitative estimate of drug-likeness (QED) is 0.362. The van der Waals surface area contributed by atoms with E-state index in [1.54, 1.807) is 7.11 Å². The van der Waals surface area contributed by atoms with Crippen molar-refractivity contribution in [3.63, 3.8) is 0 Å². The van der Waals surface area contributed by atoms with Gasteiger partial charge in [0.15, 0.2) is 0 Å². The third kappa shape index (κ3) is 6.23. The van der Waals surface area contributed by atoms with Crippen molar-refractivity contribution in [2.45, 2.75) is 76.9 Å². The molecule has 1 amide bonds. The van der Waals surface area contributed by atoms with Crippen LogP contribution in [0, 0.1) is 23.2 Å². The highest BCUT2D eigenvalue weighted by molar-refractivity contribution is 5.95. The zero-order chi connectivity index (χ0) is 28.1. The second-order valence-electron chi connectivity index (χ2n) is 11.4. The van der Waals surface area contributed by atoms with Gasteiger partial charge in [0, 0.05) is 36.5 Å². The normalized spacial score (nSPS) is 22.9. The maximum atomic E-state index is 14.0. The van der Waals surface area contributed by atoms with Crippen molar-refractivity contribution in [3.8, 4) is 22.9 Å². The number of rotatable bonds is 8.